The van der Waals surface area contributed by atoms with Crippen molar-refractivity contribution >= 4 is 20.9 Å². The van der Waals surface area contributed by atoms with E-state index >= 15 is 0 Å². The number of carbonyl (C=O) groups is 1. The van der Waals surface area contributed by atoms with Gasteiger partial charge < -0.3 is 55.2 Å². The summed E-state index contributed by atoms with van der Waals surface area (Å²) in [4.78, 5) is 61.7. The topological polar surface area (TPSA) is 327 Å². The first-order valence-corrected chi connectivity index (χ1v) is 13.2. The summed E-state index contributed by atoms with van der Waals surface area (Å²) in [5.74, 6) is 0. The van der Waals surface area contributed by atoms with Crippen LogP contribution in [0.25, 0.3) is 0 Å². The number of ether oxygens (including phenoxy) is 1. The average Bonchev–Trinajstić information content (AvgIpc) is 3.17. The van der Waals surface area contributed by atoms with Gasteiger partial charge in [-0.15, -0.1) is 0 Å². The molecule has 2 heterocycles. The molecule has 1 unspecified atom stereocenters. The van der Waals surface area contributed by atoms with Crippen LogP contribution in [0, 0.1) is 6.92 Å². The van der Waals surface area contributed by atoms with E-state index < -0.39 is 81.7 Å². The lowest BCUT2D eigenvalue weighted by Gasteiger charge is -2.25. The molecule has 214 valence electrons. The number of nitrogens with zero attached hydrogens (tertiary/aromatic N) is 1. The van der Waals surface area contributed by atoms with Crippen molar-refractivity contribution in [1.29, 1.82) is 0 Å². The van der Waals surface area contributed by atoms with Gasteiger partial charge in [-0.2, -0.15) is 0 Å². The molecule has 19 nitrogen and oxygen atoms in total. The number of nitrogens with one attached hydrogen (secondary N) is 1. The smallest absolute Gasteiger partial charge is 0.394 e. The fourth-order valence-electron chi connectivity index (χ4n) is 2.87. The van der Waals surface area contributed by atoms with E-state index in [-0.39, 0.29) is 13.0 Å². The number of hydrogen-bond acceptors (Lipinski definition) is 14. The van der Waals surface area contributed by atoms with Gasteiger partial charge in [-0.25, -0.2) is 13.7 Å². The minimum Gasteiger partial charge on any atom is -0.394 e. The molecular formula is C16H28N2O17P2. The van der Waals surface area contributed by atoms with Gasteiger partial charge in [0.15, 0.2) is 6.10 Å². The molecule has 1 saturated heterocycles. The number of H-pyrrole nitrogens is 1. The Morgan fingerprint density at radius 2 is 1.73 bits per heavy atom. The molecule has 37 heavy (non-hydrogen) atoms. The fraction of sp³-hybridized carbons (Fsp3) is 0.688. The van der Waals surface area contributed by atoms with Gasteiger partial charge in [-0.1, -0.05) is 0 Å². The van der Waals surface area contributed by atoms with Crippen LogP contribution < -0.4 is 11.2 Å². The molecule has 0 radical (unpaired) electrons. The van der Waals surface area contributed by atoms with Gasteiger partial charge in [0.05, 0.1) is 19.3 Å². The van der Waals surface area contributed by atoms with Crippen molar-refractivity contribution in [2.24, 2.45) is 0 Å². The Bertz CT molecular complexity index is 1130. The van der Waals surface area contributed by atoms with Gasteiger partial charge in [0, 0.05) is 18.2 Å². The summed E-state index contributed by atoms with van der Waals surface area (Å²) >= 11 is 0. The number of hydrogen-bond donors (Lipinski definition) is 11. The zero-order valence-corrected chi connectivity index (χ0v) is 20.7. The lowest BCUT2D eigenvalue weighted by atomic mass is 10.0. The zero-order valence-electron chi connectivity index (χ0n) is 18.9. The second kappa shape index (κ2) is 13.4. The van der Waals surface area contributed by atoms with E-state index in [1.54, 1.807) is 6.92 Å². The first kappa shape index (κ1) is 33.4. The molecule has 1 aliphatic rings. The molecular weight excluding hydrogens is 554 g/mol. The zero-order chi connectivity index (χ0) is 28.9. The Labute approximate surface area is 206 Å². The van der Waals surface area contributed by atoms with E-state index in [0.717, 1.165) is 0 Å². The highest BCUT2D eigenvalue weighted by molar-refractivity contribution is 7.76. The molecule has 1 aromatic heterocycles. The third-order valence-corrected chi connectivity index (χ3v) is 7.40. The molecule has 1 aliphatic heterocycles. The molecule has 0 bridgehead atoms. The van der Waals surface area contributed by atoms with Crippen molar-refractivity contribution in [3.05, 3.63) is 32.6 Å². The van der Waals surface area contributed by atoms with Crippen molar-refractivity contribution in [2.75, 3.05) is 13.2 Å². The standard InChI is InChI=1S/C10H14N2O5.C6H14O12P2/c1-5-3-12(10(16)11-9(5)15)8-2-6(14)7(4-13)17-8;7-1-2(8)3(9)4(10)5(11)6(12)19(13,14)18-20(15,16)17/h3,6-8,13-14H,2,4H2,1H3,(H,11,15,16);2-5,7-11H,1H2,(H,13,14)(H2,15,16,17)/t6-,7+,8+;2-,3-,4+,5-/m01/s1. The van der Waals surface area contributed by atoms with Crippen LogP contribution in [0.1, 0.15) is 18.2 Å². The van der Waals surface area contributed by atoms with E-state index in [1.165, 1.54) is 10.8 Å². The highest BCUT2D eigenvalue weighted by atomic mass is 31.3. The Kier molecular flexibility index (Phi) is 12.1. The summed E-state index contributed by atoms with van der Waals surface area (Å²) < 4.78 is 31.3. The van der Waals surface area contributed by atoms with Crippen LogP contribution in [0.5, 0.6) is 0 Å². The number of rotatable bonds is 10. The summed E-state index contributed by atoms with van der Waals surface area (Å²) in [7, 11) is -11.2. The minimum atomic E-state index is -5.66. The minimum absolute atomic E-state index is 0.205. The van der Waals surface area contributed by atoms with Crippen molar-refractivity contribution < 1.29 is 73.4 Å². The summed E-state index contributed by atoms with van der Waals surface area (Å²) in [6, 6.07) is 0. The van der Waals surface area contributed by atoms with Crippen LogP contribution in [0.4, 0.5) is 0 Å². The van der Waals surface area contributed by atoms with Crippen molar-refractivity contribution in [3.63, 3.8) is 0 Å². The van der Waals surface area contributed by atoms with E-state index in [4.69, 9.17) is 39.8 Å². The SMILES string of the molecule is Cc1cn([C@H]2C[C@H](O)[C@@H](CO)O2)c(=O)[nH]c1=O.O=C([C@H](O)[C@@H](O)[C@H](O)[C@H](O)CO)P(=O)(O)OP(=O)(O)O. The van der Waals surface area contributed by atoms with Crippen LogP contribution in [0.3, 0.4) is 0 Å². The summed E-state index contributed by atoms with van der Waals surface area (Å²) in [5.41, 5.74) is -2.85. The number of carbonyl (C=O) groups excluding carboxylic acids is 1. The molecule has 21 heteroatoms. The van der Waals surface area contributed by atoms with E-state index in [2.05, 4.69) is 9.29 Å². The van der Waals surface area contributed by atoms with Crippen molar-refractivity contribution in [1.82, 2.24) is 9.55 Å². The van der Waals surface area contributed by atoms with Gasteiger partial charge in [0.1, 0.15) is 30.6 Å². The van der Waals surface area contributed by atoms with Crippen molar-refractivity contribution in [3.8, 4) is 0 Å². The molecule has 11 N–H and O–H groups in total. The molecule has 8 atom stereocenters. The number of aryl methyl sites for hydroxylation is 1. The van der Waals surface area contributed by atoms with Gasteiger partial charge in [0.2, 0.25) is 0 Å². The van der Waals surface area contributed by atoms with Gasteiger partial charge >= 0.3 is 21.1 Å². The number of aromatic amines is 1. The first-order chi connectivity index (χ1) is 16.9. The first-order valence-electron chi connectivity index (χ1n) is 10.1. The number of aliphatic hydroxyl groups excluding tert-OH is 7. The monoisotopic (exact) mass is 582 g/mol. The molecule has 0 saturated carbocycles. The average molecular weight is 582 g/mol. The maximum Gasteiger partial charge on any atom is 0.477 e. The third-order valence-electron chi connectivity index (χ3n) is 4.84. The van der Waals surface area contributed by atoms with E-state index in [1.807, 2.05) is 0 Å². The molecule has 0 spiro atoms. The highest BCUT2D eigenvalue weighted by Gasteiger charge is 2.46. The largest absolute Gasteiger partial charge is 0.477 e. The van der Waals surface area contributed by atoms with Crippen LogP contribution in [-0.4, -0.2) is 115 Å². The Morgan fingerprint density at radius 3 is 2.19 bits per heavy atom. The van der Waals surface area contributed by atoms with Gasteiger partial charge in [-0.3, -0.25) is 23.7 Å². The quantitative estimate of drug-likeness (QED) is 0.115. The second-order valence-corrected chi connectivity index (χ2v) is 10.8. The number of aliphatic hydroxyl groups is 7. The lowest BCUT2D eigenvalue weighted by Crippen LogP contribution is -2.48. The van der Waals surface area contributed by atoms with Crippen LogP contribution >= 0.6 is 15.4 Å². The Morgan fingerprint density at radius 1 is 1.16 bits per heavy atom. The summed E-state index contributed by atoms with van der Waals surface area (Å²) in [6.45, 7) is 0.202. The Balaban J connectivity index is 0.000000373. The van der Waals surface area contributed by atoms with Crippen LogP contribution in [0.15, 0.2) is 15.8 Å². The summed E-state index contributed by atoms with van der Waals surface area (Å²) in [6.07, 6.45) is -10.1. The maximum atomic E-state index is 11.6. The maximum absolute atomic E-state index is 11.6. The molecule has 1 fully saturated rings. The predicted octanol–water partition coefficient (Wildman–Crippen LogP) is -5.27. The van der Waals surface area contributed by atoms with Crippen molar-refractivity contribution in [2.45, 2.75) is 56.2 Å². The third kappa shape index (κ3) is 9.24. The van der Waals surface area contributed by atoms with Gasteiger partial charge in [0.25, 0.3) is 11.1 Å². The molecule has 2 rings (SSSR count). The molecule has 0 aliphatic carbocycles. The molecule has 1 aromatic rings. The van der Waals surface area contributed by atoms with E-state index in [0.29, 0.717) is 5.56 Å². The Hall–Kier alpha value is -1.67. The molecule has 0 aromatic carbocycles. The lowest BCUT2D eigenvalue weighted by molar-refractivity contribution is -0.141. The summed E-state index contributed by atoms with van der Waals surface area (Å²) in [5, 5.41) is 63.5. The normalized spacial score (nSPS) is 24.8. The predicted molar refractivity (Wildman–Crippen MR) is 117 cm³/mol. The highest BCUT2D eigenvalue weighted by Crippen LogP contribution is 2.58. The van der Waals surface area contributed by atoms with E-state index in [9.17, 15) is 38.8 Å². The van der Waals surface area contributed by atoms with Gasteiger partial charge in [-0.05, 0) is 6.92 Å². The number of aromatic nitrogens is 2. The number of phosphoric acid groups is 1. The second-order valence-electron chi connectivity index (χ2n) is 7.70. The van der Waals surface area contributed by atoms with Crippen LogP contribution in [-0.2, 0) is 23.0 Å². The fourth-order valence-corrected chi connectivity index (χ4v) is 4.83. The molecule has 0 amide bonds. The van der Waals surface area contributed by atoms with Crippen LogP contribution in [0.2, 0.25) is 0 Å².